The van der Waals surface area contributed by atoms with Gasteiger partial charge in [-0.1, -0.05) is 12.1 Å². The van der Waals surface area contributed by atoms with Crippen LogP contribution in [0.25, 0.3) is 0 Å². The third-order valence-electron chi connectivity index (χ3n) is 6.63. The first-order valence-corrected chi connectivity index (χ1v) is 11.9. The van der Waals surface area contributed by atoms with Crippen LogP contribution in [-0.2, 0) is 0 Å². The minimum Gasteiger partial charge on any atom is -0.496 e. The van der Waals surface area contributed by atoms with Crippen molar-refractivity contribution in [2.75, 3.05) is 35.0 Å². The van der Waals surface area contributed by atoms with Crippen LogP contribution < -0.4 is 33.2 Å². The molecule has 0 saturated carbocycles. The molecule has 0 radical (unpaired) electrons. The molecule has 2 N–H and O–H groups in total. The molecule has 0 unspecified atom stereocenters. The molecule has 4 atom stereocenters. The molecule has 2 aliphatic rings. The molecular weight excluding hydrogens is 496 g/mol. The zero-order chi connectivity index (χ0) is 27.0. The second-order valence-corrected chi connectivity index (χ2v) is 8.75. The first-order valence-electron chi connectivity index (χ1n) is 11.9. The summed E-state index contributed by atoms with van der Waals surface area (Å²) >= 11 is 0. The van der Waals surface area contributed by atoms with E-state index in [4.69, 9.17) is 33.2 Å². The summed E-state index contributed by atoms with van der Waals surface area (Å²) in [7, 11) is 6.00. The van der Waals surface area contributed by atoms with Crippen LogP contribution in [0.15, 0.2) is 48.5 Å². The number of hydrogen-bond acceptors (Lipinski definition) is 10. The number of benzene rings is 3. The molecule has 10 heteroatoms. The van der Waals surface area contributed by atoms with Crippen LogP contribution in [0.4, 0.5) is 0 Å². The van der Waals surface area contributed by atoms with E-state index in [1.54, 1.807) is 55.6 Å². The largest absolute Gasteiger partial charge is 0.496 e. The summed E-state index contributed by atoms with van der Waals surface area (Å²) in [6, 6.07) is 13.4. The molecule has 5 rings (SSSR count). The zero-order valence-corrected chi connectivity index (χ0v) is 21.3. The van der Waals surface area contributed by atoms with Gasteiger partial charge in [0.2, 0.25) is 5.78 Å². The maximum atomic E-state index is 13.1. The molecule has 2 heterocycles. The molecule has 0 spiro atoms. The number of ketones is 1. The van der Waals surface area contributed by atoms with Gasteiger partial charge in [-0.05, 0) is 29.8 Å². The number of carbonyl (C=O) groups is 1. The van der Waals surface area contributed by atoms with E-state index in [-0.39, 0.29) is 23.7 Å². The maximum absolute atomic E-state index is 13.1. The van der Waals surface area contributed by atoms with E-state index in [0.717, 1.165) is 0 Å². The number of methoxy groups -OCH3 is 4. The van der Waals surface area contributed by atoms with Crippen LogP contribution in [-0.4, -0.2) is 63.3 Å². The number of carbonyl (C=O) groups excluding carboxylic acids is 1. The normalized spacial score (nSPS) is 21.7. The number of hydrogen-bond donors (Lipinski definition) is 2. The highest BCUT2D eigenvalue weighted by Crippen LogP contribution is 2.46. The van der Waals surface area contributed by atoms with Crippen molar-refractivity contribution in [3.05, 3.63) is 65.2 Å². The molecular formula is C28H28O10. The molecule has 0 amide bonds. The van der Waals surface area contributed by atoms with Gasteiger partial charge in [-0.25, -0.2) is 0 Å². The minimum absolute atomic E-state index is 0.147. The van der Waals surface area contributed by atoms with Crippen molar-refractivity contribution in [3.8, 4) is 40.2 Å². The van der Waals surface area contributed by atoms with Gasteiger partial charge in [0.25, 0.3) is 0 Å². The highest BCUT2D eigenvalue weighted by molar-refractivity contribution is 6.05. The fraction of sp³-hybridized carbons (Fsp3) is 0.321. The van der Waals surface area contributed by atoms with Crippen molar-refractivity contribution in [2.45, 2.75) is 24.4 Å². The lowest BCUT2D eigenvalue weighted by Crippen LogP contribution is -2.37. The van der Waals surface area contributed by atoms with Crippen molar-refractivity contribution in [1.29, 1.82) is 0 Å². The Morgan fingerprint density at radius 3 is 2.08 bits per heavy atom. The van der Waals surface area contributed by atoms with Crippen LogP contribution >= 0.6 is 0 Å². The topological polar surface area (TPSA) is 122 Å². The van der Waals surface area contributed by atoms with Gasteiger partial charge in [-0.3, -0.25) is 4.79 Å². The van der Waals surface area contributed by atoms with E-state index in [0.29, 0.717) is 39.9 Å². The quantitative estimate of drug-likeness (QED) is 0.476. The van der Waals surface area contributed by atoms with Crippen LogP contribution in [0.1, 0.15) is 33.7 Å². The van der Waals surface area contributed by atoms with Crippen molar-refractivity contribution in [1.82, 2.24) is 0 Å². The number of fused-ring (bicyclic) bond motifs is 2. The number of rotatable bonds is 7. The van der Waals surface area contributed by atoms with E-state index in [2.05, 4.69) is 0 Å². The summed E-state index contributed by atoms with van der Waals surface area (Å²) in [5.74, 6) is 2.23. The van der Waals surface area contributed by atoms with Crippen molar-refractivity contribution in [2.24, 2.45) is 0 Å². The van der Waals surface area contributed by atoms with Gasteiger partial charge < -0.3 is 43.4 Å². The predicted octanol–water partition coefficient (Wildman–Crippen LogP) is 3.27. The Hall–Kier alpha value is -4.15. The van der Waals surface area contributed by atoms with Crippen LogP contribution in [0.2, 0.25) is 0 Å². The molecule has 3 aromatic carbocycles. The summed E-state index contributed by atoms with van der Waals surface area (Å²) in [5, 5.41) is 20.9. The van der Waals surface area contributed by atoms with Crippen LogP contribution in [0, 0.1) is 0 Å². The second kappa shape index (κ2) is 10.3. The molecule has 0 fully saturated rings. The lowest BCUT2D eigenvalue weighted by atomic mass is 9.92. The number of ether oxygens (including phenoxy) is 7. The standard InChI is InChI=1S/C28H28O10/c1-32-16-11-21(35-4)24-22(12-16)38-28(26(31)25(24)30)15-6-8-18-20(10-15)37-27(23(13-29)36-18)14-5-7-17(33-2)19(9-14)34-3/h5-12,23,26-29,31H,13H2,1-4H3/t23-,26+,27-,28-/m1/s1. The summed E-state index contributed by atoms with van der Waals surface area (Å²) in [6.07, 6.45) is -3.86. The van der Waals surface area contributed by atoms with E-state index >= 15 is 0 Å². The molecule has 200 valence electrons. The molecule has 2 aliphatic heterocycles. The molecule has 0 aromatic heterocycles. The Bertz CT molecular complexity index is 1350. The Labute approximate surface area is 219 Å². The van der Waals surface area contributed by atoms with Crippen LogP contribution in [0.5, 0.6) is 40.2 Å². The third-order valence-corrected chi connectivity index (χ3v) is 6.63. The van der Waals surface area contributed by atoms with Crippen LogP contribution in [0.3, 0.4) is 0 Å². The number of Topliss-reactive ketones (excluding diaryl/α,β-unsaturated/α-hetero) is 1. The molecule has 0 aliphatic carbocycles. The predicted molar refractivity (Wildman–Crippen MR) is 134 cm³/mol. The second-order valence-electron chi connectivity index (χ2n) is 8.75. The third kappa shape index (κ3) is 4.31. The number of aliphatic hydroxyl groups is 2. The van der Waals surface area contributed by atoms with E-state index in [1.807, 2.05) is 0 Å². The Kier molecular flexibility index (Phi) is 6.92. The van der Waals surface area contributed by atoms with E-state index in [1.165, 1.54) is 21.3 Å². The molecule has 38 heavy (non-hydrogen) atoms. The van der Waals surface area contributed by atoms with E-state index < -0.39 is 30.2 Å². The summed E-state index contributed by atoms with van der Waals surface area (Å²) in [6.45, 7) is -0.292. The lowest BCUT2D eigenvalue weighted by molar-refractivity contribution is -0.0130. The van der Waals surface area contributed by atoms with Gasteiger partial charge >= 0.3 is 0 Å². The van der Waals surface area contributed by atoms with Crippen molar-refractivity contribution >= 4 is 5.78 Å². The van der Waals surface area contributed by atoms with E-state index in [9.17, 15) is 15.0 Å². The molecule has 3 aromatic rings. The van der Waals surface area contributed by atoms with Gasteiger partial charge in [0, 0.05) is 17.7 Å². The fourth-order valence-electron chi connectivity index (χ4n) is 4.69. The average molecular weight is 525 g/mol. The van der Waals surface area contributed by atoms with Crippen molar-refractivity contribution in [3.63, 3.8) is 0 Å². The first kappa shape index (κ1) is 25.5. The summed E-state index contributed by atoms with van der Waals surface area (Å²) < 4.78 is 39.8. The van der Waals surface area contributed by atoms with Gasteiger partial charge in [0.1, 0.15) is 22.8 Å². The Morgan fingerprint density at radius 1 is 0.711 bits per heavy atom. The summed E-state index contributed by atoms with van der Waals surface area (Å²) in [4.78, 5) is 13.1. The molecule has 10 nitrogen and oxygen atoms in total. The Balaban J connectivity index is 1.49. The number of aliphatic hydroxyl groups excluding tert-OH is 2. The van der Waals surface area contributed by atoms with Crippen molar-refractivity contribution < 1.29 is 48.2 Å². The monoisotopic (exact) mass is 524 g/mol. The lowest BCUT2D eigenvalue weighted by Gasteiger charge is -2.35. The smallest absolute Gasteiger partial charge is 0.202 e. The van der Waals surface area contributed by atoms with Gasteiger partial charge in [0.15, 0.2) is 47.4 Å². The SMILES string of the molecule is COc1cc(OC)c2c(c1)O[C@H](c1ccc3c(c1)O[C@H](c1ccc(OC)c(OC)c1)[C@@H](CO)O3)[C@@H](O)C2=O. The van der Waals surface area contributed by atoms with Gasteiger partial charge in [-0.2, -0.15) is 0 Å². The maximum Gasteiger partial charge on any atom is 0.202 e. The Morgan fingerprint density at radius 2 is 1.39 bits per heavy atom. The molecule has 0 bridgehead atoms. The summed E-state index contributed by atoms with van der Waals surface area (Å²) in [5.41, 5.74) is 1.35. The fourth-order valence-corrected chi connectivity index (χ4v) is 4.69. The highest BCUT2D eigenvalue weighted by Gasteiger charge is 2.41. The van der Waals surface area contributed by atoms with Gasteiger partial charge in [0.05, 0.1) is 35.0 Å². The first-order chi connectivity index (χ1) is 18.4. The highest BCUT2D eigenvalue weighted by atomic mass is 16.6. The van der Waals surface area contributed by atoms with Gasteiger partial charge in [-0.15, -0.1) is 0 Å². The average Bonchev–Trinajstić information content (AvgIpc) is 2.96. The minimum atomic E-state index is -1.49. The zero-order valence-electron chi connectivity index (χ0n) is 21.3. The molecule has 0 saturated heterocycles.